The van der Waals surface area contributed by atoms with Crippen LogP contribution in [0.15, 0.2) is 35.4 Å². The van der Waals surface area contributed by atoms with Crippen molar-refractivity contribution in [1.82, 2.24) is 19.1 Å². The Morgan fingerprint density at radius 2 is 1.96 bits per heavy atom. The minimum Gasteiger partial charge on any atom is -0.497 e. The SMILES string of the molecule is COc1ccc(-n2cnc3c(=O)n4c(nc32)CCCCC4)cc1. The van der Waals surface area contributed by atoms with Crippen LogP contribution in [0, 0.1) is 0 Å². The normalized spacial score (nSPS) is 14.5. The number of aromatic nitrogens is 4. The Morgan fingerprint density at radius 1 is 1.13 bits per heavy atom. The second kappa shape index (κ2) is 5.53. The largest absolute Gasteiger partial charge is 0.497 e. The lowest BCUT2D eigenvalue weighted by atomic mass is 10.2. The molecule has 1 aromatic carbocycles. The maximum Gasteiger partial charge on any atom is 0.281 e. The highest BCUT2D eigenvalue weighted by atomic mass is 16.5. The Labute approximate surface area is 133 Å². The number of nitrogens with zero attached hydrogens (tertiary/aromatic N) is 4. The van der Waals surface area contributed by atoms with Gasteiger partial charge in [0.15, 0.2) is 11.2 Å². The zero-order valence-corrected chi connectivity index (χ0v) is 13.0. The quantitative estimate of drug-likeness (QED) is 0.729. The van der Waals surface area contributed by atoms with Gasteiger partial charge in [-0.3, -0.25) is 13.9 Å². The highest BCUT2D eigenvalue weighted by Crippen LogP contribution is 2.19. The lowest BCUT2D eigenvalue weighted by Crippen LogP contribution is -2.24. The van der Waals surface area contributed by atoms with Gasteiger partial charge in [-0.1, -0.05) is 6.42 Å². The molecule has 1 aliphatic heterocycles. The highest BCUT2D eigenvalue weighted by molar-refractivity contribution is 5.72. The molecular weight excluding hydrogens is 292 g/mol. The van der Waals surface area contributed by atoms with Crippen LogP contribution in [0.4, 0.5) is 0 Å². The molecule has 3 aromatic rings. The van der Waals surface area contributed by atoms with Crippen molar-refractivity contribution in [3.05, 3.63) is 46.8 Å². The molecule has 23 heavy (non-hydrogen) atoms. The molecule has 3 heterocycles. The van der Waals surface area contributed by atoms with Gasteiger partial charge in [-0.05, 0) is 37.1 Å². The first-order valence-electron chi connectivity index (χ1n) is 7.89. The molecule has 0 radical (unpaired) electrons. The van der Waals surface area contributed by atoms with Crippen molar-refractivity contribution in [2.45, 2.75) is 32.2 Å². The van der Waals surface area contributed by atoms with E-state index in [2.05, 4.69) is 4.98 Å². The molecule has 118 valence electrons. The minimum atomic E-state index is -0.0286. The van der Waals surface area contributed by atoms with Gasteiger partial charge in [0.2, 0.25) is 0 Å². The maximum atomic E-state index is 12.7. The fourth-order valence-corrected chi connectivity index (χ4v) is 3.11. The van der Waals surface area contributed by atoms with E-state index in [1.165, 1.54) is 0 Å². The van der Waals surface area contributed by atoms with Crippen molar-refractivity contribution >= 4 is 11.2 Å². The van der Waals surface area contributed by atoms with Crippen LogP contribution in [-0.4, -0.2) is 26.2 Å². The van der Waals surface area contributed by atoms with Crippen LogP contribution < -0.4 is 10.3 Å². The third kappa shape index (κ3) is 2.30. The molecule has 0 saturated carbocycles. The summed E-state index contributed by atoms with van der Waals surface area (Å²) in [7, 11) is 1.64. The lowest BCUT2D eigenvalue weighted by molar-refractivity contribution is 0.415. The van der Waals surface area contributed by atoms with E-state index in [9.17, 15) is 4.79 Å². The van der Waals surface area contributed by atoms with E-state index in [0.29, 0.717) is 11.2 Å². The van der Waals surface area contributed by atoms with Crippen LogP contribution in [0.1, 0.15) is 25.1 Å². The predicted molar refractivity (Wildman–Crippen MR) is 87.2 cm³/mol. The molecule has 6 heteroatoms. The summed E-state index contributed by atoms with van der Waals surface area (Å²) in [5.41, 5.74) is 1.96. The zero-order valence-electron chi connectivity index (χ0n) is 13.0. The molecular formula is C17H18N4O2. The standard InChI is InChI=1S/C17H18N4O2/c1-23-13-8-6-12(7-9-13)21-11-18-15-16(21)19-14-5-3-2-4-10-20(14)17(15)22/h6-9,11H,2-5,10H2,1H3. The molecule has 0 amide bonds. The molecule has 0 fully saturated rings. The number of ether oxygens (including phenoxy) is 1. The first-order valence-corrected chi connectivity index (χ1v) is 7.89. The number of benzene rings is 1. The van der Waals surface area contributed by atoms with Crippen LogP contribution in [0.25, 0.3) is 16.9 Å². The van der Waals surface area contributed by atoms with Gasteiger partial charge in [-0.2, -0.15) is 0 Å². The number of aryl methyl sites for hydroxylation is 1. The van der Waals surface area contributed by atoms with E-state index in [1.807, 2.05) is 28.8 Å². The Bertz CT molecular complexity index is 909. The number of fused-ring (bicyclic) bond motifs is 2. The smallest absolute Gasteiger partial charge is 0.281 e. The molecule has 4 rings (SSSR count). The third-order valence-electron chi connectivity index (χ3n) is 4.37. The maximum absolute atomic E-state index is 12.7. The monoisotopic (exact) mass is 310 g/mol. The fourth-order valence-electron chi connectivity index (χ4n) is 3.11. The first-order chi connectivity index (χ1) is 11.3. The summed E-state index contributed by atoms with van der Waals surface area (Å²) in [6.07, 6.45) is 5.76. The lowest BCUT2D eigenvalue weighted by Gasteiger charge is -2.09. The predicted octanol–water partition coefficient (Wildman–Crippen LogP) is 2.32. The summed E-state index contributed by atoms with van der Waals surface area (Å²) in [5.74, 6) is 1.66. The van der Waals surface area contributed by atoms with Crippen molar-refractivity contribution < 1.29 is 4.74 Å². The van der Waals surface area contributed by atoms with Crippen LogP contribution in [0.2, 0.25) is 0 Å². The number of methoxy groups -OCH3 is 1. The molecule has 0 saturated heterocycles. The summed E-state index contributed by atoms with van der Waals surface area (Å²) in [5, 5.41) is 0. The van der Waals surface area contributed by atoms with E-state index in [-0.39, 0.29) is 5.56 Å². The molecule has 0 unspecified atom stereocenters. The van der Waals surface area contributed by atoms with Gasteiger partial charge in [0.25, 0.3) is 5.56 Å². The van der Waals surface area contributed by atoms with Crippen LogP contribution in [-0.2, 0) is 13.0 Å². The van der Waals surface area contributed by atoms with Gasteiger partial charge in [-0.15, -0.1) is 0 Å². The van der Waals surface area contributed by atoms with Crippen molar-refractivity contribution in [1.29, 1.82) is 0 Å². The average Bonchev–Trinajstić information content (AvgIpc) is 2.86. The highest BCUT2D eigenvalue weighted by Gasteiger charge is 2.17. The van der Waals surface area contributed by atoms with Crippen molar-refractivity contribution in [2.24, 2.45) is 0 Å². The average molecular weight is 310 g/mol. The van der Waals surface area contributed by atoms with Gasteiger partial charge < -0.3 is 4.74 Å². The topological polar surface area (TPSA) is 61.9 Å². The number of rotatable bonds is 2. The molecule has 0 atom stereocenters. The van der Waals surface area contributed by atoms with Crippen molar-refractivity contribution in [3.8, 4) is 11.4 Å². The van der Waals surface area contributed by atoms with E-state index >= 15 is 0 Å². The molecule has 0 aliphatic carbocycles. The zero-order chi connectivity index (χ0) is 15.8. The van der Waals surface area contributed by atoms with Crippen LogP contribution in [0.5, 0.6) is 5.75 Å². The number of hydrogen-bond acceptors (Lipinski definition) is 4. The molecule has 2 aromatic heterocycles. The molecule has 6 nitrogen and oxygen atoms in total. The summed E-state index contributed by atoms with van der Waals surface area (Å²) < 4.78 is 8.84. The number of imidazole rings is 1. The second-order valence-electron chi connectivity index (χ2n) is 5.78. The second-order valence-corrected chi connectivity index (χ2v) is 5.78. The van der Waals surface area contributed by atoms with Gasteiger partial charge in [0, 0.05) is 18.7 Å². The van der Waals surface area contributed by atoms with Gasteiger partial charge in [0.1, 0.15) is 17.9 Å². The molecule has 0 bridgehead atoms. The Balaban J connectivity index is 1.90. The summed E-state index contributed by atoms with van der Waals surface area (Å²) in [6, 6.07) is 7.64. The van der Waals surface area contributed by atoms with Gasteiger partial charge >= 0.3 is 0 Å². The van der Waals surface area contributed by atoms with E-state index in [1.54, 1.807) is 18.0 Å². The van der Waals surface area contributed by atoms with Crippen molar-refractivity contribution in [2.75, 3.05) is 7.11 Å². The Morgan fingerprint density at radius 3 is 2.74 bits per heavy atom. The fraction of sp³-hybridized carbons (Fsp3) is 0.353. The molecule has 0 N–H and O–H groups in total. The third-order valence-corrected chi connectivity index (χ3v) is 4.37. The van der Waals surface area contributed by atoms with Crippen LogP contribution in [0.3, 0.4) is 0 Å². The van der Waals surface area contributed by atoms with Gasteiger partial charge in [0.05, 0.1) is 7.11 Å². The van der Waals surface area contributed by atoms with Crippen LogP contribution >= 0.6 is 0 Å². The van der Waals surface area contributed by atoms with E-state index in [0.717, 1.165) is 49.5 Å². The number of hydrogen-bond donors (Lipinski definition) is 0. The van der Waals surface area contributed by atoms with E-state index < -0.39 is 0 Å². The van der Waals surface area contributed by atoms with E-state index in [4.69, 9.17) is 9.72 Å². The van der Waals surface area contributed by atoms with Gasteiger partial charge in [-0.25, -0.2) is 9.97 Å². The van der Waals surface area contributed by atoms with Crippen molar-refractivity contribution in [3.63, 3.8) is 0 Å². The summed E-state index contributed by atoms with van der Waals surface area (Å²) in [4.78, 5) is 21.8. The minimum absolute atomic E-state index is 0.0286. The first kappa shape index (κ1) is 14.0. The summed E-state index contributed by atoms with van der Waals surface area (Å²) >= 11 is 0. The summed E-state index contributed by atoms with van der Waals surface area (Å²) in [6.45, 7) is 0.743. The Kier molecular flexibility index (Phi) is 3.37. The Hall–Kier alpha value is -2.63. The molecule has 0 spiro atoms. The molecule has 1 aliphatic rings.